The summed E-state index contributed by atoms with van der Waals surface area (Å²) < 4.78 is 1.80. The highest BCUT2D eigenvalue weighted by Crippen LogP contribution is 2.29. The summed E-state index contributed by atoms with van der Waals surface area (Å²) in [5.74, 6) is 0. The Labute approximate surface area is 166 Å². The molecule has 0 aliphatic carbocycles. The van der Waals surface area contributed by atoms with Gasteiger partial charge in [-0.3, -0.25) is 0 Å². The first-order valence-corrected chi connectivity index (χ1v) is 9.66. The monoisotopic (exact) mass is 466 g/mol. The minimum atomic E-state index is 0.856. The van der Waals surface area contributed by atoms with Gasteiger partial charge in [0.15, 0.2) is 0 Å². The summed E-state index contributed by atoms with van der Waals surface area (Å²) in [5, 5.41) is 0. The molecule has 0 atom stereocenters. The summed E-state index contributed by atoms with van der Waals surface area (Å²) in [4.78, 5) is 16.2. The Morgan fingerprint density at radius 2 is 1.23 bits per heavy atom. The molecule has 0 unspecified atom stereocenters. The molecule has 3 aromatic rings. The van der Waals surface area contributed by atoms with Gasteiger partial charge in [0.2, 0.25) is 0 Å². The van der Waals surface area contributed by atoms with Gasteiger partial charge in [0.05, 0.1) is 37.2 Å². The van der Waals surface area contributed by atoms with E-state index in [0.29, 0.717) is 0 Å². The average Bonchev–Trinajstić information content (AvgIpc) is 3.41. The Morgan fingerprint density at radius 3 is 2.08 bits per heavy atom. The van der Waals surface area contributed by atoms with Crippen molar-refractivity contribution in [2.75, 3.05) is 0 Å². The predicted octanol–water partition coefficient (Wildman–Crippen LogP) is 6.18. The van der Waals surface area contributed by atoms with Gasteiger partial charge >= 0.3 is 0 Å². The van der Waals surface area contributed by atoms with E-state index >= 15 is 0 Å². The van der Waals surface area contributed by atoms with E-state index in [1.54, 1.807) is 0 Å². The quantitative estimate of drug-likeness (QED) is 0.285. The van der Waals surface area contributed by atoms with Gasteiger partial charge in [-0.2, -0.15) is 0 Å². The predicted molar refractivity (Wildman–Crippen MR) is 114 cm³/mol. The smallest absolute Gasteiger partial charge is 0.0802 e. The van der Waals surface area contributed by atoms with Crippen molar-refractivity contribution in [1.29, 1.82) is 0 Å². The summed E-state index contributed by atoms with van der Waals surface area (Å²) in [5.41, 5.74) is 7.54. The first-order chi connectivity index (χ1) is 12.7. The number of hydrogen-bond donors (Lipinski definition) is 2. The highest BCUT2D eigenvalue weighted by atomic mass is 79.9. The third-order valence-electron chi connectivity index (χ3n) is 4.27. The number of halogens is 2. The maximum Gasteiger partial charge on any atom is 0.0802 e. The topological polar surface area (TPSA) is 57.4 Å². The van der Waals surface area contributed by atoms with Gasteiger partial charge in [0, 0.05) is 16.6 Å². The summed E-state index contributed by atoms with van der Waals surface area (Å²) in [6, 6.07) is 12.3. The molecular formula is C20H12Br2N4. The van der Waals surface area contributed by atoms with E-state index in [1.165, 1.54) is 0 Å². The van der Waals surface area contributed by atoms with Gasteiger partial charge in [-0.15, -0.1) is 0 Å². The van der Waals surface area contributed by atoms with Gasteiger partial charge in [0.25, 0.3) is 0 Å². The Hall–Kier alpha value is -2.44. The minimum Gasteiger partial charge on any atom is -0.355 e. The van der Waals surface area contributed by atoms with E-state index in [4.69, 9.17) is 4.98 Å². The molecule has 3 aromatic heterocycles. The number of rotatable bonds is 0. The summed E-state index contributed by atoms with van der Waals surface area (Å²) >= 11 is 7.32. The molecule has 8 bridgehead atoms. The zero-order valence-electron chi connectivity index (χ0n) is 13.4. The van der Waals surface area contributed by atoms with E-state index in [-0.39, 0.29) is 0 Å². The van der Waals surface area contributed by atoms with Crippen LogP contribution in [-0.2, 0) is 0 Å². The van der Waals surface area contributed by atoms with Crippen molar-refractivity contribution in [1.82, 2.24) is 19.9 Å². The molecule has 2 aliphatic rings. The van der Waals surface area contributed by atoms with Crippen molar-refractivity contribution in [2.24, 2.45) is 0 Å². The average molecular weight is 468 g/mol. The second kappa shape index (κ2) is 6.07. The van der Waals surface area contributed by atoms with Crippen molar-refractivity contribution < 1.29 is 0 Å². The Morgan fingerprint density at radius 1 is 0.615 bits per heavy atom. The van der Waals surface area contributed by atoms with Crippen molar-refractivity contribution in [2.45, 2.75) is 0 Å². The molecule has 4 nitrogen and oxygen atoms in total. The number of nitrogens with zero attached hydrogens (tertiary/aromatic N) is 2. The molecule has 26 heavy (non-hydrogen) atoms. The van der Waals surface area contributed by atoms with Gasteiger partial charge in [-0.05, 0) is 92.6 Å². The van der Waals surface area contributed by atoms with Crippen molar-refractivity contribution in [3.05, 3.63) is 68.1 Å². The molecule has 126 valence electrons. The highest BCUT2D eigenvalue weighted by molar-refractivity contribution is 9.11. The van der Waals surface area contributed by atoms with E-state index in [9.17, 15) is 0 Å². The van der Waals surface area contributed by atoms with E-state index in [2.05, 4.69) is 65.0 Å². The standard InChI is InChI=1S/C20H12Br2N4/c21-19-15-5-3-13(24-15)9-11-1-2-12(23-11)10-14-4-6-16(25-14)20(22)18-8-7-17(19)26-18/h1-10,23-24H. The number of hydrogen-bond acceptors (Lipinski definition) is 2. The number of aromatic amines is 2. The largest absolute Gasteiger partial charge is 0.355 e. The molecule has 5 rings (SSSR count). The fraction of sp³-hybridized carbons (Fsp3) is 0. The van der Waals surface area contributed by atoms with Crippen LogP contribution in [0.2, 0.25) is 0 Å². The third kappa shape index (κ3) is 2.75. The molecule has 6 heteroatoms. The van der Waals surface area contributed by atoms with E-state index in [0.717, 1.165) is 53.8 Å². The number of aromatic nitrogens is 4. The molecule has 0 saturated heterocycles. The second-order valence-electron chi connectivity index (χ2n) is 6.08. The van der Waals surface area contributed by atoms with Crippen molar-refractivity contribution in [3.63, 3.8) is 0 Å². The van der Waals surface area contributed by atoms with E-state index in [1.807, 2.05) is 42.5 Å². The fourth-order valence-electron chi connectivity index (χ4n) is 3.01. The van der Waals surface area contributed by atoms with Crippen LogP contribution in [0.25, 0.3) is 46.4 Å². The summed E-state index contributed by atoms with van der Waals surface area (Å²) in [6.45, 7) is 0. The van der Waals surface area contributed by atoms with Crippen molar-refractivity contribution in [3.8, 4) is 0 Å². The lowest BCUT2D eigenvalue weighted by Gasteiger charge is -1.93. The zero-order chi connectivity index (χ0) is 17.7. The molecule has 0 spiro atoms. The number of nitrogens with one attached hydrogen (secondary N) is 2. The maximum atomic E-state index is 4.73. The van der Waals surface area contributed by atoms with Crippen LogP contribution in [0.5, 0.6) is 0 Å². The molecule has 0 radical (unpaired) electrons. The zero-order valence-corrected chi connectivity index (χ0v) is 16.6. The molecular weight excluding hydrogens is 456 g/mol. The molecule has 0 saturated carbocycles. The first kappa shape index (κ1) is 15.8. The lowest BCUT2D eigenvalue weighted by molar-refractivity contribution is 1.25. The minimum absolute atomic E-state index is 0.856. The summed E-state index contributed by atoms with van der Waals surface area (Å²) in [7, 11) is 0. The molecule has 2 N–H and O–H groups in total. The Kier molecular flexibility index (Phi) is 3.69. The number of H-pyrrole nitrogens is 2. The van der Waals surface area contributed by atoms with Crippen LogP contribution in [0.15, 0.2) is 45.3 Å². The van der Waals surface area contributed by atoms with E-state index < -0.39 is 0 Å². The first-order valence-electron chi connectivity index (χ1n) is 8.07. The SMILES string of the molecule is Brc1c2nc(cc3ccc(cc4ccc([nH]4)c(Br)c4nc1C=C4)[nH]3)C=C2. The van der Waals surface area contributed by atoms with Crippen LogP contribution in [0.1, 0.15) is 22.8 Å². The molecule has 2 aliphatic heterocycles. The van der Waals surface area contributed by atoms with Gasteiger partial charge in [-0.25, -0.2) is 9.97 Å². The highest BCUT2D eigenvalue weighted by Gasteiger charge is 2.11. The van der Waals surface area contributed by atoms with Crippen LogP contribution in [0.4, 0.5) is 0 Å². The van der Waals surface area contributed by atoms with Crippen LogP contribution in [0, 0.1) is 0 Å². The summed E-state index contributed by atoms with van der Waals surface area (Å²) in [6.07, 6.45) is 7.98. The molecule has 0 aromatic carbocycles. The Balaban J connectivity index is 1.91. The van der Waals surface area contributed by atoms with Crippen LogP contribution >= 0.6 is 31.9 Å². The van der Waals surface area contributed by atoms with Gasteiger partial charge in [-0.1, -0.05) is 0 Å². The lowest BCUT2D eigenvalue weighted by Crippen LogP contribution is -1.82. The second-order valence-corrected chi connectivity index (χ2v) is 7.67. The lowest BCUT2D eigenvalue weighted by atomic mass is 10.3. The van der Waals surface area contributed by atoms with Crippen LogP contribution in [-0.4, -0.2) is 19.9 Å². The Bertz CT molecular complexity index is 1260. The molecule has 0 fully saturated rings. The molecule has 0 amide bonds. The number of fused-ring (bicyclic) bond motifs is 8. The van der Waals surface area contributed by atoms with Crippen LogP contribution in [0.3, 0.4) is 0 Å². The normalized spacial score (nSPS) is 12.7. The fourth-order valence-corrected chi connectivity index (χ4v) is 3.90. The van der Waals surface area contributed by atoms with Gasteiger partial charge in [0.1, 0.15) is 0 Å². The van der Waals surface area contributed by atoms with Crippen LogP contribution < -0.4 is 0 Å². The van der Waals surface area contributed by atoms with Crippen molar-refractivity contribution >= 4 is 78.2 Å². The van der Waals surface area contributed by atoms with Gasteiger partial charge < -0.3 is 9.97 Å². The maximum absolute atomic E-state index is 4.73. The third-order valence-corrected chi connectivity index (χ3v) is 5.91. The molecule has 5 heterocycles.